The van der Waals surface area contributed by atoms with Crippen molar-refractivity contribution in [1.82, 2.24) is 5.32 Å². The fourth-order valence-electron chi connectivity index (χ4n) is 3.29. The lowest BCUT2D eigenvalue weighted by Gasteiger charge is -2.38. The normalized spacial score (nSPS) is 40.8. The molecule has 3 atom stereocenters. The summed E-state index contributed by atoms with van der Waals surface area (Å²) >= 11 is 1.92. The summed E-state index contributed by atoms with van der Waals surface area (Å²) in [5.74, 6) is 2.10. The van der Waals surface area contributed by atoms with Gasteiger partial charge in [-0.3, -0.25) is 4.99 Å². The van der Waals surface area contributed by atoms with Crippen LogP contribution in [0.2, 0.25) is 0 Å². The lowest BCUT2D eigenvalue weighted by Crippen LogP contribution is -2.52. The highest BCUT2D eigenvalue weighted by molar-refractivity contribution is 8.13. The van der Waals surface area contributed by atoms with Crippen LogP contribution in [0.3, 0.4) is 0 Å². The second-order valence-corrected chi connectivity index (χ2v) is 7.21. The van der Waals surface area contributed by atoms with E-state index >= 15 is 0 Å². The van der Waals surface area contributed by atoms with Gasteiger partial charge in [0.05, 0.1) is 18.2 Å². The molecule has 0 aromatic heterocycles. The fourth-order valence-corrected chi connectivity index (χ4v) is 4.57. The van der Waals surface area contributed by atoms with Crippen LogP contribution in [0.5, 0.6) is 0 Å². The number of hydrogen-bond acceptors (Lipinski definition) is 4. The maximum absolute atomic E-state index is 5.61. The van der Waals surface area contributed by atoms with Crippen LogP contribution in [0, 0.1) is 5.92 Å². The van der Waals surface area contributed by atoms with E-state index in [1.165, 1.54) is 43.0 Å². The number of fused-ring (bicyclic) bond motifs is 1. The number of nitrogens with one attached hydrogen (secondary N) is 1. The van der Waals surface area contributed by atoms with E-state index in [0.29, 0.717) is 6.04 Å². The highest BCUT2D eigenvalue weighted by Gasteiger charge is 2.33. The van der Waals surface area contributed by atoms with Gasteiger partial charge in [0.15, 0.2) is 5.17 Å². The first kappa shape index (κ1) is 12.8. The molecule has 0 bridgehead atoms. The maximum Gasteiger partial charge on any atom is 0.157 e. The number of rotatable bonds is 1. The number of nitrogens with zero attached hydrogens (tertiary/aromatic N) is 1. The molecule has 3 unspecified atom stereocenters. The standard InChI is InChI=1S/C14H24N2OS/c1-14(7-4-8-17-10-14)16-13-15-12-6-3-2-5-11(12)9-18-13/h11-12H,2-10H2,1H3,(H,15,16). The molecule has 1 saturated heterocycles. The van der Waals surface area contributed by atoms with Crippen LogP contribution < -0.4 is 5.32 Å². The smallest absolute Gasteiger partial charge is 0.157 e. The molecule has 1 N–H and O–H groups in total. The number of thioether (sulfide) groups is 1. The van der Waals surface area contributed by atoms with Crippen LogP contribution in [0.15, 0.2) is 4.99 Å². The lowest BCUT2D eigenvalue weighted by molar-refractivity contribution is 0.0374. The first-order valence-electron chi connectivity index (χ1n) is 7.32. The summed E-state index contributed by atoms with van der Waals surface area (Å²) in [5, 5.41) is 4.83. The zero-order valence-electron chi connectivity index (χ0n) is 11.3. The van der Waals surface area contributed by atoms with Gasteiger partial charge < -0.3 is 10.1 Å². The molecule has 0 radical (unpaired) electrons. The van der Waals surface area contributed by atoms with E-state index in [1.807, 2.05) is 11.8 Å². The molecule has 3 rings (SSSR count). The molecule has 4 heteroatoms. The zero-order chi connectivity index (χ0) is 12.4. The lowest BCUT2D eigenvalue weighted by atomic mass is 9.86. The Morgan fingerprint density at radius 3 is 3.06 bits per heavy atom. The summed E-state index contributed by atoms with van der Waals surface area (Å²) in [4.78, 5) is 4.96. The van der Waals surface area contributed by atoms with E-state index in [0.717, 1.165) is 25.6 Å². The molecule has 0 spiro atoms. The molecule has 102 valence electrons. The summed E-state index contributed by atoms with van der Waals surface area (Å²) in [7, 11) is 0. The van der Waals surface area contributed by atoms with Gasteiger partial charge in [-0.25, -0.2) is 0 Å². The monoisotopic (exact) mass is 268 g/mol. The van der Waals surface area contributed by atoms with E-state index in [-0.39, 0.29) is 5.54 Å². The molecule has 0 aromatic carbocycles. The molecule has 2 aliphatic heterocycles. The van der Waals surface area contributed by atoms with Crippen LogP contribution >= 0.6 is 11.8 Å². The Kier molecular flexibility index (Phi) is 3.85. The van der Waals surface area contributed by atoms with E-state index in [1.54, 1.807) is 0 Å². The SMILES string of the molecule is CC1(NC2=NC3CCCCC3CS2)CCCOC1. The van der Waals surface area contributed by atoms with Crippen molar-refractivity contribution >= 4 is 16.9 Å². The van der Waals surface area contributed by atoms with Gasteiger partial charge in [-0.15, -0.1) is 0 Å². The van der Waals surface area contributed by atoms with E-state index in [2.05, 4.69) is 12.2 Å². The van der Waals surface area contributed by atoms with Crippen LogP contribution in [0.25, 0.3) is 0 Å². The first-order valence-corrected chi connectivity index (χ1v) is 8.30. The van der Waals surface area contributed by atoms with Gasteiger partial charge in [0.1, 0.15) is 0 Å². The Balaban J connectivity index is 1.63. The van der Waals surface area contributed by atoms with Crippen molar-refractivity contribution in [2.24, 2.45) is 10.9 Å². The van der Waals surface area contributed by atoms with Gasteiger partial charge in [-0.05, 0) is 38.5 Å². The largest absolute Gasteiger partial charge is 0.379 e. The molecule has 0 amide bonds. The molecule has 0 aromatic rings. The van der Waals surface area contributed by atoms with Crippen molar-refractivity contribution in [1.29, 1.82) is 0 Å². The molecule has 1 saturated carbocycles. The fraction of sp³-hybridized carbons (Fsp3) is 0.929. The minimum atomic E-state index is 0.103. The minimum absolute atomic E-state index is 0.103. The minimum Gasteiger partial charge on any atom is -0.379 e. The van der Waals surface area contributed by atoms with Gasteiger partial charge >= 0.3 is 0 Å². The van der Waals surface area contributed by atoms with Gasteiger partial charge in [0.2, 0.25) is 0 Å². The third-order valence-corrected chi connectivity index (χ3v) is 5.51. The second kappa shape index (κ2) is 5.41. The topological polar surface area (TPSA) is 33.6 Å². The predicted octanol–water partition coefficient (Wildman–Crippen LogP) is 2.81. The highest BCUT2D eigenvalue weighted by Crippen LogP contribution is 2.34. The molecular formula is C14H24N2OS. The van der Waals surface area contributed by atoms with Crippen molar-refractivity contribution in [2.45, 2.75) is 57.0 Å². The van der Waals surface area contributed by atoms with Crippen molar-refractivity contribution in [3.63, 3.8) is 0 Å². The van der Waals surface area contributed by atoms with Gasteiger partial charge in [0, 0.05) is 12.4 Å². The van der Waals surface area contributed by atoms with Crippen LogP contribution in [0.4, 0.5) is 0 Å². The van der Waals surface area contributed by atoms with Crippen molar-refractivity contribution < 1.29 is 4.74 Å². The summed E-state index contributed by atoms with van der Waals surface area (Å²) in [6, 6.07) is 0.593. The molecular weight excluding hydrogens is 244 g/mol. The Labute approximate surface area is 114 Å². The maximum atomic E-state index is 5.61. The molecule has 1 aliphatic carbocycles. The second-order valence-electron chi connectivity index (χ2n) is 6.20. The van der Waals surface area contributed by atoms with Crippen LogP contribution in [0.1, 0.15) is 45.4 Å². The highest BCUT2D eigenvalue weighted by atomic mass is 32.2. The summed E-state index contributed by atoms with van der Waals surface area (Å²) in [5.41, 5.74) is 0.103. The van der Waals surface area contributed by atoms with Crippen LogP contribution in [-0.2, 0) is 4.74 Å². The molecule has 3 nitrogen and oxygen atoms in total. The van der Waals surface area contributed by atoms with Crippen molar-refractivity contribution in [3.8, 4) is 0 Å². The number of hydrogen-bond donors (Lipinski definition) is 1. The average Bonchev–Trinajstić information content (AvgIpc) is 2.39. The third-order valence-electron chi connectivity index (χ3n) is 4.43. The summed E-state index contributed by atoms with van der Waals surface area (Å²) < 4.78 is 5.61. The van der Waals surface area contributed by atoms with Crippen molar-refractivity contribution in [3.05, 3.63) is 0 Å². The van der Waals surface area contributed by atoms with Gasteiger partial charge in [-0.1, -0.05) is 24.6 Å². The van der Waals surface area contributed by atoms with Gasteiger partial charge in [-0.2, -0.15) is 0 Å². The Hall–Kier alpha value is -0.220. The summed E-state index contributed by atoms with van der Waals surface area (Å²) in [6.45, 7) is 4.00. The molecule has 3 aliphatic rings. The first-order chi connectivity index (χ1) is 8.75. The third kappa shape index (κ3) is 2.85. The Morgan fingerprint density at radius 2 is 2.22 bits per heavy atom. The van der Waals surface area contributed by atoms with E-state index < -0.39 is 0 Å². The molecule has 18 heavy (non-hydrogen) atoms. The average molecular weight is 268 g/mol. The Bertz CT molecular complexity index is 326. The summed E-state index contributed by atoms with van der Waals surface area (Å²) in [6.07, 6.45) is 7.81. The number of amidine groups is 1. The van der Waals surface area contributed by atoms with Crippen molar-refractivity contribution in [2.75, 3.05) is 19.0 Å². The van der Waals surface area contributed by atoms with Crippen LogP contribution in [-0.4, -0.2) is 35.7 Å². The number of ether oxygens (including phenoxy) is 1. The molecule has 2 heterocycles. The predicted molar refractivity (Wildman–Crippen MR) is 77.2 cm³/mol. The zero-order valence-corrected chi connectivity index (χ0v) is 12.1. The number of aliphatic imine (C=N–C) groups is 1. The quantitative estimate of drug-likeness (QED) is 0.794. The Morgan fingerprint density at radius 1 is 1.33 bits per heavy atom. The molecule has 2 fully saturated rings. The van der Waals surface area contributed by atoms with E-state index in [4.69, 9.17) is 9.73 Å². The van der Waals surface area contributed by atoms with Gasteiger partial charge in [0.25, 0.3) is 0 Å². The van der Waals surface area contributed by atoms with E-state index in [9.17, 15) is 0 Å².